The number of nitrogens with one attached hydrogen (secondary N) is 2. The van der Waals surface area contributed by atoms with E-state index in [1.54, 1.807) is 30.1 Å². The summed E-state index contributed by atoms with van der Waals surface area (Å²) in [5, 5.41) is 15.2. The number of likely N-dealkylation sites (tertiary alicyclic amines) is 1. The van der Waals surface area contributed by atoms with Crippen molar-refractivity contribution < 1.29 is 14.7 Å². The zero-order valence-corrected chi connectivity index (χ0v) is 17.8. The van der Waals surface area contributed by atoms with Gasteiger partial charge in [0.05, 0.1) is 22.1 Å². The zero-order chi connectivity index (χ0) is 21.0. The third-order valence-corrected chi connectivity index (χ3v) is 6.11. The Labute approximate surface area is 175 Å². The van der Waals surface area contributed by atoms with Gasteiger partial charge >= 0.3 is 0 Å². The van der Waals surface area contributed by atoms with Gasteiger partial charge in [-0.2, -0.15) is 0 Å². The Morgan fingerprint density at radius 3 is 2.66 bits per heavy atom. The van der Waals surface area contributed by atoms with Crippen LogP contribution in [-0.2, 0) is 16.1 Å². The Hall–Kier alpha value is -2.29. The number of rotatable bonds is 7. The van der Waals surface area contributed by atoms with E-state index in [1.165, 1.54) is 0 Å². The Kier molecular flexibility index (Phi) is 7.00. The SMILES string of the molecule is Cc1ncsc1-c1ccc(CNC(=O)[C@@H]2CCCN2C(=O)C(C)NC(C)O)cc1. The number of carbonyl (C=O) groups excluding carboxylic acids is 2. The standard InChI is InChI=1S/C21H28N4O3S/c1-13-19(29-12-23-13)17-8-6-16(7-9-17)11-22-20(27)18-5-4-10-25(18)21(28)14(2)24-15(3)26/h6-9,12,14-15,18,24,26H,4-5,10-11H2,1-3H3,(H,22,27)/t14?,15?,18-/m0/s1. The van der Waals surface area contributed by atoms with E-state index in [0.717, 1.165) is 28.1 Å². The molecule has 2 aromatic rings. The van der Waals surface area contributed by atoms with E-state index in [0.29, 0.717) is 19.5 Å². The first kappa shape index (κ1) is 21.4. The predicted octanol–water partition coefficient (Wildman–Crippen LogP) is 2.04. The molecular formula is C21H28N4O3S. The zero-order valence-electron chi connectivity index (χ0n) is 17.0. The highest BCUT2D eigenvalue weighted by Crippen LogP contribution is 2.27. The second kappa shape index (κ2) is 9.47. The lowest BCUT2D eigenvalue weighted by Gasteiger charge is -2.27. The van der Waals surface area contributed by atoms with Gasteiger partial charge in [0.15, 0.2) is 0 Å². The van der Waals surface area contributed by atoms with Gasteiger partial charge in [-0.05, 0) is 44.7 Å². The monoisotopic (exact) mass is 416 g/mol. The van der Waals surface area contributed by atoms with Crippen molar-refractivity contribution in [3.8, 4) is 10.4 Å². The molecule has 2 unspecified atom stereocenters. The molecule has 1 aromatic heterocycles. The summed E-state index contributed by atoms with van der Waals surface area (Å²) in [5.41, 5.74) is 4.98. The average molecular weight is 417 g/mol. The van der Waals surface area contributed by atoms with E-state index in [4.69, 9.17) is 0 Å². The molecule has 1 aromatic carbocycles. The molecule has 0 saturated carbocycles. The number of thiazole rings is 1. The van der Waals surface area contributed by atoms with Gasteiger partial charge in [-0.3, -0.25) is 14.9 Å². The van der Waals surface area contributed by atoms with Gasteiger partial charge in [0.2, 0.25) is 11.8 Å². The summed E-state index contributed by atoms with van der Waals surface area (Å²) < 4.78 is 0. The van der Waals surface area contributed by atoms with Gasteiger partial charge in [-0.15, -0.1) is 11.3 Å². The molecule has 2 amide bonds. The summed E-state index contributed by atoms with van der Waals surface area (Å²) in [5.74, 6) is -0.296. The molecule has 29 heavy (non-hydrogen) atoms. The number of nitrogens with zero attached hydrogens (tertiary/aromatic N) is 2. The maximum atomic E-state index is 12.7. The second-order valence-electron chi connectivity index (χ2n) is 7.44. The lowest BCUT2D eigenvalue weighted by molar-refractivity contribution is -0.140. The smallest absolute Gasteiger partial charge is 0.243 e. The van der Waals surface area contributed by atoms with E-state index in [-0.39, 0.29) is 11.8 Å². The van der Waals surface area contributed by atoms with Gasteiger partial charge in [0.1, 0.15) is 12.3 Å². The molecule has 7 nitrogen and oxygen atoms in total. The van der Waals surface area contributed by atoms with Crippen LogP contribution >= 0.6 is 11.3 Å². The normalized spacial score (nSPS) is 18.5. The van der Waals surface area contributed by atoms with Crippen molar-refractivity contribution in [3.63, 3.8) is 0 Å². The van der Waals surface area contributed by atoms with Crippen LogP contribution in [0.1, 0.15) is 37.9 Å². The minimum absolute atomic E-state index is 0.137. The summed E-state index contributed by atoms with van der Waals surface area (Å²) in [6, 6.07) is 7.08. The molecule has 1 saturated heterocycles. The van der Waals surface area contributed by atoms with Crippen LogP contribution in [0.5, 0.6) is 0 Å². The Bertz CT molecular complexity index is 850. The van der Waals surface area contributed by atoms with Crippen LogP contribution in [0.15, 0.2) is 29.8 Å². The molecule has 0 aliphatic carbocycles. The van der Waals surface area contributed by atoms with Crippen LogP contribution < -0.4 is 10.6 Å². The number of hydrogen-bond acceptors (Lipinski definition) is 6. The molecule has 0 spiro atoms. The molecule has 156 valence electrons. The molecule has 0 bridgehead atoms. The highest BCUT2D eigenvalue weighted by atomic mass is 32.1. The van der Waals surface area contributed by atoms with Gasteiger partial charge in [-0.25, -0.2) is 4.98 Å². The van der Waals surface area contributed by atoms with Crippen molar-refractivity contribution in [3.05, 3.63) is 41.0 Å². The number of carbonyl (C=O) groups is 2. The van der Waals surface area contributed by atoms with Crippen LogP contribution in [-0.4, -0.2) is 51.7 Å². The topological polar surface area (TPSA) is 94.6 Å². The number of aryl methyl sites for hydroxylation is 1. The summed E-state index contributed by atoms with van der Waals surface area (Å²) in [7, 11) is 0. The fraction of sp³-hybridized carbons (Fsp3) is 0.476. The van der Waals surface area contributed by atoms with Crippen molar-refractivity contribution in [2.45, 2.75) is 58.5 Å². The van der Waals surface area contributed by atoms with Gasteiger partial charge < -0.3 is 15.3 Å². The van der Waals surface area contributed by atoms with E-state index in [9.17, 15) is 14.7 Å². The van der Waals surface area contributed by atoms with Crippen molar-refractivity contribution in [2.75, 3.05) is 6.54 Å². The minimum Gasteiger partial charge on any atom is -0.379 e. The predicted molar refractivity (Wildman–Crippen MR) is 113 cm³/mol. The highest BCUT2D eigenvalue weighted by molar-refractivity contribution is 7.13. The highest BCUT2D eigenvalue weighted by Gasteiger charge is 2.35. The van der Waals surface area contributed by atoms with Crippen LogP contribution in [0.3, 0.4) is 0 Å². The largest absolute Gasteiger partial charge is 0.379 e. The third kappa shape index (κ3) is 5.20. The van der Waals surface area contributed by atoms with E-state index in [2.05, 4.69) is 15.6 Å². The van der Waals surface area contributed by atoms with Gasteiger partial charge in [0, 0.05) is 13.1 Å². The van der Waals surface area contributed by atoms with Crippen LogP contribution in [0, 0.1) is 6.92 Å². The summed E-state index contributed by atoms with van der Waals surface area (Å²) in [6.45, 7) is 6.24. The number of benzene rings is 1. The van der Waals surface area contributed by atoms with E-state index < -0.39 is 18.3 Å². The summed E-state index contributed by atoms with van der Waals surface area (Å²) in [4.78, 5) is 32.4. The van der Waals surface area contributed by atoms with E-state index in [1.807, 2.05) is 36.7 Å². The maximum absolute atomic E-state index is 12.7. The quantitative estimate of drug-likeness (QED) is 0.601. The first-order chi connectivity index (χ1) is 13.9. The lowest BCUT2D eigenvalue weighted by Crippen LogP contribution is -2.52. The van der Waals surface area contributed by atoms with Crippen molar-refractivity contribution in [1.29, 1.82) is 0 Å². The number of hydrogen-bond donors (Lipinski definition) is 3. The first-order valence-electron chi connectivity index (χ1n) is 9.88. The lowest BCUT2D eigenvalue weighted by atomic mass is 10.1. The second-order valence-corrected chi connectivity index (χ2v) is 8.29. The summed E-state index contributed by atoms with van der Waals surface area (Å²) in [6.07, 6.45) is 0.678. The maximum Gasteiger partial charge on any atom is 0.243 e. The molecule has 8 heteroatoms. The van der Waals surface area contributed by atoms with Crippen molar-refractivity contribution in [2.24, 2.45) is 0 Å². The Morgan fingerprint density at radius 2 is 2.03 bits per heavy atom. The molecule has 3 rings (SSSR count). The molecule has 3 atom stereocenters. The molecule has 1 aliphatic heterocycles. The first-order valence-corrected chi connectivity index (χ1v) is 10.8. The van der Waals surface area contributed by atoms with Crippen LogP contribution in [0.2, 0.25) is 0 Å². The third-order valence-electron chi connectivity index (χ3n) is 5.13. The molecule has 0 radical (unpaired) electrons. The fourth-order valence-electron chi connectivity index (χ4n) is 3.64. The number of aromatic nitrogens is 1. The van der Waals surface area contributed by atoms with Gasteiger partial charge in [-0.1, -0.05) is 24.3 Å². The number of aliphatic hydroxyl groups excluding tert-OH is 1. The minimum atomic E-state index is -0.777. The number of aliphatic hydroxyl groups is 1. The molecule has 2 heterocycles. The average Bonchev–Trinajstić information content (AvgIpc) is 3.34. The summed E-state index contributed by atoms with van der Waals surface area (Å²) >= 11 is 1.61. The molecule has 1 aliphatic rings. The Morgan fingerprint density at radius 1 is 1.31 bits per heavy atom. The number of amides is 2. The van der Waals surface area contributed by atoms with E-state index >= 15 is 0 Å². The Balaban J connectivity index is 1.57. The van der Waals surface area contributed by atoms with Gasteiger partial charge in [0.25, 0.3) is 0 Å². The van der Waals surface area contributed by atoms with Crippen LogP contribution in [0.25, 0.3) is 10.4 Å². The fourth-order valence-corrected chi connectivity index (χ4v) is 4.46. The molecule has 1 fully saturated rings. The molecular weight excluding hydrogens is 388 g/mol. The van der Waals surface area contributed by atoms with Crippen LogP contribution in [0.4, 0.5) is 0 Å². The molecule has 3 N–H and O–H groups in total. The van der Waals surface area contributed by atoms with Crippen molar-refractivity contribution >= 4 is 23.2 Å². The van der Waals surface area contributed by atoms with Crippen molar-refractivity contribution in [1.82, 2.24) is 20.5 Å².